The number of phosphoric acid groups is 3. The summed E-state index contributed by atoms with van der Waals surface area (Å²) in [7, 11) is -16.1. The number of nitrogens with two attached hydrogens (primary N) is 1. The molecule has 0 aliphatic heterocycles. The molecule has 0 amide bonds. The SMILES string of the molecule is NOOP(=O)(O)OP(=O)(O)OP(=O)(O)O. The molecule has 2 unspecified atom stereocenters. The van der Waals surface area contributed by atoms with E-state index in [-0.39, 0.29) is 0 Å². The summed E-state index contributed by atoms with van der Waals surface area (Å²) in [6, 6.07) is 0. The molecule has 15 heteroatoms. The van der Waals surface area contributed by atoms with Gasteiger partial charge in [-0.25, -0.2) is 13.7 Å². The summed E-state index contributed by atoms with van der Waals surface area (Å²) in [6.07, 6.45) is 0. The molecule has 0 fully saturated rings. The monoisotopic (exact) mass is 289 g/mol. The first kappa shape index (κ1) is 15.3. The molecule has 2 atom stereocenters. The van der Waals surface area contributed by atoms with Crippen molar-refractivity contribution in [1.82, 2.24) is 0 Å². The summed E-state index contributed by atoms with van der Waals surface area (Å²) < 4.78 is 41.0. The lowest BCUT2D eigenvalue weighted by Crippen LogP contribution is -2.01. The average molecular weight is 289 g/mol. The van der Waals surface area contributed by atoms with Gasteiger partial charge in [0.2, 0.25) is 0 Å². The second-order valence-electron chi connectivity index (χ2n) is 1.76. The van der Waals surface area contributed by atoms with Crippen LogP contribution in [0.3, 0.4) is 0 Å². The van der Waals surface area contributed by atoms with Crippen LogP contribution in [0.25, 0.3) is 0 Å². The largest absolute Gasteiger partial charge is 0.509 e. The van der Waals surface area contributed by atoms with Crippen LogP contribution in [-0.2, 0) is 32.0 Å². The molecule has 0 aliphatic carbocycles. The summed E-state index contributed by atoms with van der Waals surface area (Å²) in [6.45, 7) is 0. The normalized spacial score (nSPS) is 20.6. The van der Waals surface area contributed by atoms with Crippen molar-refractivity contribution in [3.63, 3.8) is 0 Å². The first-order valence-corrected chi connectivity index (χ1v) is 7.18. The first-order valence-electron chi connectivity index (χ1n) is 2.66. The third-order valence-corrected chi connectivity index (χ3v) is 4.15. The average Bonchev–Trinajstić information content (AvgIpc) is 1.74. The molecule has 0 radical (unpaired) electrons. The van der Waals surface area contributed by atoms with Crippen molar-refractivity contribution in [2.45, 2.75) is 0 Å². The Morgan fingerprint density at radius 2 is 1.33 bits per heavy atom. The molecule has 92 valence electrons. The van der Waals surface area contributed by atoms with E-state index in [4.69, 9.17) is 19.6 Å². The Labute approximate surface area is 81.9 Å². The van der Waals surface area contributed by atoms with Gasteiger partial charge in [0, 0.05) is 0 Å². The van der Waals surface area contributed by atoms with Gasteiger partial charge in [0.1, 0.15) is 0 Å². The van der Waals surface area contributed by atoms with Crippen LogP contribution in [0, 0.1) is 0 Å². The number of hydrogen-bond acceptors (Lipinski definition) is 8. The highest BCUT2D eigenvalue weighted by atomic mass is 31.3. The second kappa shape index (κ2) is 5.11. The van der Waals surface area contributed by atoms with Crippen molar-refractivity contribution in [1.29, 1.82) is 0 Å². The van der Waals surface area contributed by atoms with Gasteiger partial charge in [-0.05, 0) is 0 Å². The first-order chi connectivity index (χ1) is 6.47. The van der Waals surface area contributed by atoms with E-state index in [1.165, 1.54) is 0 Å². The van der Waals surface area contributed by atoms with Gasteiger partial charge in [-0.1, -0.05) is 0 Å². The summed E-state index contributed by atoms with van der Waals surface area (Å²) in [5, 5.41) is 0. The van der Waals surface area contributed by atoms with Gasteiger partial charge in [0.15, 0.2) is 0 Å². The third kappa shape index (κ3) is 8.17. The fourth-order valence-electron chi connectivity index (χ4n) is 0.348. The third-order valence-electron chi connectivity index (χ3n) is 0.553. The number of rotatable bonds is 6. The van der Waals surface area contributed by atoms with Crippen LogP contribution in [0.15, 0.2) is 0 Å². The van der Waals surface area contributed by atoms with Crippen LogP contribution >= 0.6 is 23.5 Å². The van der Waals surface area contributed by atoms with E-state index in [2.05, 4.69) is 24.2 Å². The highest BCUT2D eigenvalue weighted by Gasteiger charge is 2.41. The molecule has 0 rings (SSSR count). The molecule has 0 saturated heterocycles. The topological polar surface area (TPSA) is 195 Å². The Kier molecular flexibility index (Phi) is 5.22. The van der Waals surface area contributed by atoms with E-state index in [1.807, 2.05) is 0 Å². The zero-order valence-corrected chi connectivity index (χ0v) is 9.25. The van der Waals surface area contributed by atoms with Crippen molar-refractivity contribution in [2.75, 3.05) is 0 Å². The fraction of sp³-hybridized carbons (Fsp3) is 0. The molecule has 0 saturated carbocycles. The number of hydrogen-bond donors (Lipinski definition) is 5. The van der Waals surface area contributed by atoms with E-state index >= 15 is 0 Å². The Balaban J connectivity index is 4.59. The predicted octanol–water partition coefficient (Wildman–Crippen LogP) is -0.865. The molecule has 0 heterocycles. The van der Waals surface area contributed by atoms with Crippen LogP contribution in [0.5, 0.6) is 0 Å². The summed E-state index contributed by atoms with van der Waals surface area (Å²) >= 11 is 0. The van der Waals surface area contributed by atoms with Gasteiger partial charge < -0.3 is 19.6 Å². The van der Waals surface area contributed by atoms with Gasteiger partial charge in [0.25, 0.3) is 0 Å². The maximum atomic E-state index is 10.6. The molecule has 0 bridgehead atoms. The van der Waals surface area contributed by atoms with Crippen LogP contribution in [0.1, 0.15) is 0 Å². The quantitative estimate of drug-likeness (QED) is 0.230. The molecule has 0 aromatic carbocycles. The molecule has 12 nitrogen and oxygen atoms in total. The zero-order valence-electron chi connectivity index (χ0n) is 6.57. The lowest BCUT2D eigenvalue weighted by atomic mass is 13.5. The molecule has 15 heavy (non-hydrogen) atoms. The lowest BCUT2D eigenvalue weighted by Gasteiger charge is -2.13. The highest BCUT2D eigenvalue weighted by molar-refractivity contribution is 7.66. The minimum Gasteiger partial charge on any atom is -0.302 e. The van der Waals surface area contributed by atoms with Crippen molar-refractivity contribution < 1.29 is 51.6 Å². The standard InChI is InChI=1S/H6NO11P3/c1-9-10-14(5,6)12-15(7,8)11-13(2,3)4/h1H2,(H,5,6)(H,7,8)(H2,2,3,4). The van der Waals surface area contributed by atoms with Crippen molar-refractivity contribution in [3.8, 4) is 0 Å². The molecule has 0 aromatic rings. The molecule has 0 aromatic heterocycles. The van der Waals surface area contributed by atoms with Crippen LogP contribution < -0.4 is 5.90 Å². The van der Waals surface area contributed by atoms with E-state index < -0.39 is 23.5 Å². The molecular weight excluding hydrogens is 283 g/mol. The summed E-state index contributed by atoms with van der Waals surface area (Å²) in [5.74, 6) is 4.16. The van der Waals surface area contributed by atoms with Crippen LogP contribution in [0.2, 0.25) is 0 Å². The molecule has 0 spiro atoms. The Morgan fingerprint density at radius 3 is 1.67 bits per heavy atom. The van der Waals surface area contributed by atoms with Gasteiger partial charge >= 0.3 is 23.5 Å². The Morgan fingerprint density at radius 1 is 0.867 bits per heavy atom. The van der Waals surface area contributed by atoms with Crippen molar-refractivity contribution in [2.24, 2.45) is 5.90 Å². The molecule has 6 N–H and O–H groups in total. The summed E-state index contributed by atoms with van der Waals surface area (Å²) in [5.41, 5.74) is 0. The highest BCUT2D eigenvalue weighted by Crippen LogP contribution is 2.66. The van der Waals surface area contributed by atoms with E-state index in [0.29, 0.717) is 0 Å². The lowest BCUT2D eigenvalue weighted by molar-refractivity contribution is -0.225. The van der Waals surface area contributed by atoms with Crippen LogP contribution in [0.4, 0.5) is 0 Å². The molecular formula is H6NO11P3. The minimum absolute atomic E-state index is 3.15. The maximum absolute atomic E-state index is 10.6. The van der Waals surface area contributed by atoms with Gasteiger partial charge in [0.05, 0.1) is 0 Å². The van der Waals surface area contributed by atoms with E-state index in [9.17, 15) is 13.7 Å². The second-order valence-corrected chi connectivity index (χ2v) is 6.07. The van der Waals surface area contributed by atoms with Crippen molar-refractivity contribution >= 4 is 23.5 Å². The van der Waals surface area contributed by atoms with E-state index in [1.54, 1.807) is 0 Å². The van der Waals surface area contributed by atoms with Gasteiger partial charge in [-0.3, -0.25) is 0 Å². The molecule has 0 aliphatic rings. The van der Waals surface area contributed by atoms with Gasteiger partial charge in [-0.15, -0.1) is 9.66 Å². The Bertz CT molecular complexity index is 338. The smallest absolute Gasteiger partial charge is 0.302 e. The van der Waals surface area contributed by atoms with E-state index in [0.717, 1.165) is 0 Å². The van der Waals surface area contributed by atoms with Crippen LogP contribution in [-0.4, -0.2) is 19.6 Å². The predicted molar refractivity (Wildman–Crippen MR) is 40.2 cm³/mol. The van der Waals surface area contributed by atoms with Crippen molar-refractivity contribution in [3.05, 3.63) is 0 Å². The zero-order chi connectivity index (χ0) is 12.3. The minimum atomic E-state index is -5.50. The van der Waals surface area contributed by atoms with Gasteiger partial charge in [-0.2, -0.15) is 14.5 Å². The fourth-order valence-corrected chi connectivity index (χ4v) is 3.07. The summed E-state index contributed by atoms with van der Waals surface area (Å²) in [4.78, 5) is 36.4. The maximum Gasteiger partial charge on any atom is 0.509 e. The Hall–Kier alpha value is 0.330.